The van der Waals surface area contributed by atoms with Crippen LogP contribution in [0.5, 0.6) is 11.5 Å². The Hall–Kier alpha value is -4.12. The van der Waals surface area contributed by atoms with Gasteiger partial charge in [0.2, 0.25) is 0 Å². The summed E-state index contributed by atoms with van der Waals surface area (Å²) in [7, 11) is 1.64. The highest BCUT2D eigenvalue weighted by Crippen LogP contribution is 2.26. The Morgan fingerprint density at radius 3 is 2.37 bits per heavy atom. The molecule has 5 heteroatoms. The van der Waals surface area contributed by atoms with Gasteiger partial charge in [0.05, 0.1) is 13.4 Å². The second-order valence-electron chi connectivity index (χ2n) is 9.35. The minimum atomic E-state index is -0.0604. The average Bonchev–Trinajstić information content (AvgIpc) is 3.41. The van der Waals surface area contributed by atoms with Gasteiger partial charge in [-0.1, -0.05) is 45.0 Å². The molecule has 4 aromatic rings. The Kier molecular flexibility index (Phi) is 7.16. The molecule has 0 N–H and O–H groups in total. The highest BCUT2D eigenvalue weighted by atomic mass is 16.5. The molecule has 0 unspecified atom stereocenters. The standard InChI is InChI=1S/C30H30N2O3/c1-30(2,3)25-9-13-27(14-10-25)35-20-24-19-22(6-16-29(24)34-4)5-15-28(33)23-7-11-26(12-8-23)32-18-17-31-21-32/h5-19,21H,20H2,1-4H3/b15-5+. The first kappa shape index (κ1) is 24.0. The zero-order valence-electron chi connectivity index (χ0n) is 20.6. The molecular formula is C30H30N2O3. The molecule has 0 aliphatic carbocycles. The molecule has 0 fully saturated rings. The number of ether oxygens (including phenoxy) is 2. The number of carbonyl (C=O) groups is 1. The summed E-state index contributed by atoms with van der Waals surface area (Å²) in [5, 5.41) is 0. The van der Waals surface area contributed by atoms with Crippen LogP contribution in [0.2, 0.25) is 0 Å². The van der Waals surface area contributed by atoms with E-state index in [1.165, 1.54) is 5.56 Å². The van der Waals surface area contributed by atoms with Crippen molar-refractivity contribution in [3.8, 4) is 17.2 Å². The second-order valence-corrected chi connectivity index (χ2v) is 9.35. The van der Waals surface area contributed by atoms with Crippen LogP contribution < -0.4 is 9.47 Å². The van der Waals surface area contributed by atoms with Crippen LogP contribution in [0.25, 0.3) is 11.8 Å². The number of hydrogen-bond acceptors (Lipinski definition) is 4. The summed E-state index contributed by atoms with van der Waals surface area (Å²) in [5.74, 6) is 1.49. The van der Waals surface area contributed by atoms with Gasteiger partial charge < -0.3 is 14.0 Å². The number of benzene rings is 3. The number of carbonyl (C=O) groups excluding carboxylic acids is 1. The molecule has 0 bridgehead atoms. The van der Waals surface area contributed by atoms with Gasteiger partial charge in [0.15, 0.2) is 5.78 Å². The van der Waals surface area contributed by atoms with E-state index in [1.807, 2.05) is 71.4 Å². The van der Waals surface area contributed by atoms with Crippen LogP contribution in [0.4, 0.5) is 0 Å². The summed E-state index contributed by atoms with van der Waals surface area (Å²) in [6, 6.07) is 21.4. The van der Waals surface area contributed by atoms with Gasteiger partial charge in [0.1, 0.15) is 18.1 Å². The molecule has 1 heterocycles. The SMILES string of the molecule is COc1ccc(/C=C/C(=O)c2ccc(-n3ccnc3)cc2)cc1COc1ccc(C(C)(C)C)cc1. The normalized spacial score (nSPS) is 11.5. The van der Waals surface area contributed by atoms with Crippen molar-refractivity contribution in [1.82, 2.24) is 9.55 Å². The van der Waals surface area contributed by atoms with E-state index in [0.717, 1.165) is 28.3 Å². The molecule has 0 saturated heterocycles. The molecule has 1 aromatic heterocycles. The first-order valence-electron chi connectivity index (χ1n) is 11.5. The lowest BCUT2D eigenvalue weighted by atomic mass is 9.87. The van der Waals surface area contributed by atoms with Gasteiger partial charge in [0, 0.05) is 29.2 Å². The van der Waals surface area contributed by atoms with Crippen LogP contribution in [0, 0.1) is 0 Å². The van der Waals surface area contributed by atoms with Crippen molar-refractivity contribution in [3.63, 3.8) is 0 Å². The number of ketones is 1. The maximum Gasteiger partial charge on any atom is 0.185 e. The van der Waals surface area contributed by atoms with Crippen molar-refractivity contribution < 1.29 is 14.3 Å². The number of imidazole rings is 1. The van der Waals surface area contributed by atoms with E-state index in [0.29, 0.717) is 12.2 Å². The number of aromatic nitrogens is 2. The number of allylic oxidation sites excluding steroid dienone is 1. The zero-order valence-corrected chi connectivity index (χ0v) is 20.6. The van der Waals surface area contributed by atoms with Gasteiger partial charge in [-0.3, -0.25) is 4.79 Å². The fourth-order valence-electron chi connectivity index (χ4n) is 3.71. The lowest BCUT2D eigenvalue weighted by Crippen LogP contribution is -2.10. The summed E-state index contributed by atoms with van der Waals surface area (Å²) >= 11 is 0. The van der Waals surface area contributed by atoms with E-state index in [2.05, 4.69) is 37.9 Å². The minimum absolute atomic E-state index is 0.0604. The van der Waals surface area contributed by atoms with Gasteiger partial charge in [-0.25, -0.2) is 4.98 Å². The number of nitrogens with zero attached hydrogens (tertiary/aromatic N) is 2. The minimum Gasteiger partial charge on any atom is -0.496 e. The van der Waals surface area contributed by atoms with Crippen molar-refractivity contribution in [2.45, 2.75) is 32.8 Å². The quantitative estimate of drug-likeness (QED) is 0.215. The first-order chi connectivity index (χ1) is 16.8. The highest BCUT2D eigenvalue weighted by molar-refractivity contribution is 6.06. The van der Waals surface area contributed by atoms with Gasteiger partial charge in [0.25, 0.3) is 0 Å². The Bertz CT molecular complexity index is 1300. The summed E-state index contributed by atoms with van der Waals surface area (Å²) in [4.78, 5) is 16.7. The summed E-state index contributed by atoms with van der Waals surface area (Å²) in [6.45, 7) is 6.93. The predicted octanol–water partition coefficient (Wildman–Crippen LogP) is 6.65. The molecule has 35 heavy (non-hydrogen) atoms. The largest absolute Gasteiger partial charge is 0.496 e. The van der Waals surface area contributed by atoms with Crippen molar-refractivity contribution in [2.75, 3.05) is 7.11 Å². The molecule has 178 valence electrons. The van der Waals surface area contributed by atoms with Crippen LogP contribution in [0.1, 0.15) is 47.8 Å². The summed E-state index contributed by atoms with van der Waals surface area (Å²) in [5.41, 5.74) is 4.75. The summed E-state index contributed by atoms with van der Waals surface area (Å²) < 4.78 is 13.4. The fourth-order valence-corrected chi connectivity index (χ4v) is 3.71. The fraction of sp³-hybridized carbons (Fsp3) is 0.200. The van der Waals surface area contributed by atoms with Crippen molar-refractivity contribution in [1.29, 1.82) is 0 Å². The molecule has 0 amide bonds. The molecule has 0 spiro atoms. The third kappa shape index (κ3) is 6.07. The van der Waals surface area contributed by atoms with Crippen molar-refractivity contribution in [2.24, 2.45) is 0 Å². The smallest absolute Gasteiger partial charge is 0.185 e. The van der Waals surface area contributed by atoms with Crippen molar-refractivity contribution in [3.05, 3.63) is 114 Å². The van der Waals surface area contributed by atoms with E-state index in [9.17, 15) is 4.79 Å². The lowest BCUT2D eigenvalue weighted by Gasteiger charge is -2.19. The second kappa shape index (κ2) is 10.4. The molecule has 5 nitrogen and oxygen atoms in total. The topological polar surface area (TPSA) is 53.4 Å². The van der Waals surface area contributed by atoms with E-state index < -0.39 is 0 Å². The molecule has 0 aliphatic heterocycles. The number of rotatable bonds is 8. The third-order valence-electron chi connectivity index (χ3n) is 5.80. The highest BCUT2D eigenvalue weighted by Gasteiger charge is 2.13. The van der Waals surface area contributed by atoms with Crippen LogP contribution in [0.3, 0.4) is 0 Å². The third-order valence-corrected chi connectivity index (χ3v) is 5.80. The van der Waals surface area contributed by atoms with Gasteiger partial charge in [-0.2, -0.15) is 0 Å². The van der Waals surface area contributed by atoms with E-state index in [1.54, 1.807) is 25.7 Å². The molecule has 0 radical (unpaired) electrons. The maximum absolute atomic E-state index is 12.7. The first-order valence-corrected chi connectivity index (χ1v) is 11.5. The Balaban J connectivity index is 1.43. The van der Waals surface area contributed by atoms with Gasteiger partial charge in [-0.05, 0) is 71.1 Å². The van der Waals surface area contributed by atoms with Crippen LogP contribution in [0.15, 0.2) is 91.5 Å². The lowest BCUT2D eigenvalue weighted by molar-refractivity contribution is 0.104. The molecule has 0 saturated carbocycles. The predicted molar refractivity (Wildman–Crippen MR) is 139 cm³/mol. The van der Waals surface area contributed by atoms with E-state index >= 15 is 0 Å². The van der Waals surface area contributed by atoms with Crippen LogP contribution >= 0.6 is 0 Å². The Morgan fingerprint density at radius 1 is 1.00 bits per heavy atom. The average molecular weight is 467 g/mol. The Labute approximate surface area is 206 Å². The van der Waals surface area contributed by atoms with Crippen LogP contribution in [-0.2, 0) is 12.0 Å². The molecule has 4 rings (SSSR count). The molecule has 0 aliphatic rings. The molecule has 3 aromatic carbocycles. The summed E-state index contributed by atoms with van der Waals surface area (Å²) in [6.07, 6.45) is 8.71. The monoisotopic (exact) mass is 466 g/mol. The number of hydrogen-bond donors (Lipinski definition) is 0. The van der Waals surface area contributed by atoms with Gasteiger partial charge in [-0.15, -0.1) is 0 Å². The van der Waals surface area contributed by atoms with Gasteiger partial charge >= 0.3 is 0 Å². The molecular weight excluding hydrogens is 436 g/mol. The Morgan fingerprint density at radius 2 is 1.74 bits per heavy atom. The van der Waals surface area contributed by atoms with E-state index in [4.69, 9.17) is 9.47 Å². The molecule has 0 atom stereocenters. The maximum atomic E-state index is 12.7. The van der Waals surface area contributed by atoms with E-state index in [-0.39, 0.29) is 11.2 Å². The van der Waals surface area contributed by atoms with Crippen molar-refractivity contribution >= 4 is 11.9 Å². The van der Waals surface area contributed by atoms with Crippen LogP contribution in [-0.4, -0.2) is 22.4 Å². The number of methoxy groups -OCH3 is 1. The zero-order chi connectivity index (χ0) is 24.8.